The number of carbonyl (C=O) groups is 1. The third-order valence-electron chi connectivity index (χ3n) is 5.39. The van der Waals surface area contributed by atoms with E-state index < -0.39 is 0 Å². The van der Waals surface area contributed by atoms with Gasteiger partial charge in [-0.15, -0.1) is 0 Å². The highest BCUT2D eigenvalue weighted by Crippen LogP contribution is 2.37. The van der Waals surface area contributed by atoms with Crippen LogP contribution in [-0.4, -0.2) is 34.0 Å². The number of hydrogen-bond acceptors (Lipinski definition) is 3. The van der Waals surface area contributed by atoms with Crippen LogP contribution in [0.5, 0.6) is 5.75 Å². The van der Waals surface area contributed by atoms with E-state index >= 15 is 0 Å². The molecule has 25 heavy (non-hydrogen) atoms. The van der Waals surface area contributed by atoms with Gasteiger partial charge in [-0.2, -0.15) is 0 Å². The molecule has 1 aromatic carbocycles. The van der Waals surface area contributed by atoms with E-state index in [2.05, 4.69) is 22.0 Å². The van der Waals surface area contributed by atoms with Crippen LogP contribution in [0, 0.1) is 0 Å². The summed E-state index contributed by atoms with van der Waals surface area (Å²) in [5.41, 5.74) is 1.23. The first kappa shape index (κ1) is 16.1. The Morgan fingerprint density at radius 1 is 1.08 bits per heavy atom. The van der Waals surface area contributed by atoms with Crippen molar-refractivity contribution in [1.82, 2.24) is 9.88 Å². The maximum atomic E-state index is 12.8. The van der Waals surface area contributed by atoms with Gasteiger partial charge in [-0.3, -0.25) is 9.78 Å². The van der Waals surface area contributed by atoms with Crippen molar-refractivity contribution in [2.45, 2.75) is 56.7 Å². The monoisotopic (exact) mass is 336 g/mol. The molecule has 2 bridgehead atoms. The van der Waals surface area contributed by atoms with Crippen molar-refractivity contribution >= 4 is 5.91 Å². The molecule has 3 heterocycles. The number of piperidine rings is 1. The summed E-state index contributed by atoms with van der Waals surface area (Å²) in [4.78, 5) is 19.0. The molecule has 0 saturated carbocycles. The number of amides is 1. The summed E-state index contributed by atoms with van der Waals surface area (Å²) in [7, 11) is 0. The Kier molecular flexibility index (Phi) is 4.68. The molecule has 4 heteroatoms. The van der Waals surface area contributed by atoms with Gasteiger partial charge in [0.15, 0.2) is 0 Å². The number of ether oxygens (including phenoxy) is 1. The highest BCUT2D eigenvalue weighted by Gasteiger charge is 2.43. The van der Waals surface area contributed by atoms with Gasteiger partial charge < -0.3 is 9.64 Å². The van der Waals surface area contributed by atoms with Gasteiger partial charge in [0.1, 0.15) is 11.9 Å². The van der Waals surface area contributed by atoms with Crippen LogP contribution < -0.4 is 4.74 Å². The first-order chi connectivity index (χ1) is 12.3. The molecule has 0 N–H and O–H groups in total. The molecule has 130 valence electrons. The highest BCUT2D eigenvalue weighted by molar-refractivity contribution is 5.77. The van der Waals surface area contributed by atoms with Gasteiger partial charge in [0, 0.05) is 37.5 Å². The highest BCUT2D eigenvalue weighted by atomic mass is 16.5. The van der Waals surface area contributed by atoms with Gasteiger partial charge in [0.2, 0.25) is 5.91 Å². The zero-order chi connectivity index (χ0) is 17.1. The number of pyridine rings is 1. The van der Waals surface area contributed by atoms with Crippen LogP contribution in [0.15, 0.2) is 54.9 Å². The third-order valence-corrected chi connectivity index (χ3v) is 5.39. The summed E-state index contributed by atoms with van der Waals surface area (Å²) in [6.45, 7) is 0. The fraction of sp³-hybridized carbons (Fsp3) is 0.429. The normalized spacial score (nSPS) is 25.0. The molecular formula is C21H24N2O2. The molecule has 2 aliphatic rings. The number of fused-ring (bicyclic) bond motifs is 2. The van der Waals surface area contributed by atoms with Gasteiger partial charge >= 0.3 is 0 Å². The number of benzene rings is 1. The molecule has 2 atom stereocenters. The number of carbonyl (C=O) groups excluding carboxylic acids is 1. The van der Waals surface area contributed by atoms with Crippen LogP contribution in [-0.2, 0) is 11.2 Å². The van der Waals surface area contributed by atoms with Crippen molar-refractivity contribution in [3.05, 3.63) is 60.4 Å². The SMILES string of the molecule is O=C(CCc1ccccc1)N1[C@H]2CC[C@H]1CC(Oc1cccnc1)C2. The zero-order valence-electron chi connectivity index (χ0n) is 14.4. The molecule has 2 saturated heterocycles. The Hall–Kier alpha value is -2.36. The molecule has 2 fully saturated rings. The van der Waals surface area contributed by atoms with E-state index in [4.69, 9.17) is 4.74 Å². The van der Waals surface area contributed by atoms with E-state index in [9.17, 15) is 4.79 Å². The Bertz CT molecular complexity index is 690. The predicted molar refractivity (Wildman–Crippen MR) is 96.3 cm³/mol. The predicted octanol–water partition coefficient (Wildman–Crippen LogP) is 3.62. The van der Waals surface area contributed by atoms with Crippen LogP contribution in [0.3, 0.4) is 0 Å². The maximum absolute atomic E-state index is 12.8. The summed E-state index contributed by atoms with van der Waals surface area (Å²) in [6.07, 6.45) is 9.22. The van der Waals surface area contributed by atoms with E-state index in [0.717, 1.165) is 37.9 Å². The van der Waals surface area contributed by atoms with Gasteiger partial charge in [-0.05, 0) is 37.0 Å². The first-order valence-corrected chi connectivity index (χ1v) is 9.21. The van der Waals surface area contributed by atoms with Crippen LogP contribution in [0.1, 0.15) is 37.7 Å². The molecule has 0 radical (unpaired) electrons. The van der Waals surface area contributed by atoms with Gasteiger partial charge in [0.25, 0.3) is 0 Å². The number of nitrogens with zero attached hydrogens (tertiary/aromatic N) is 2. The molecule has 1 aromatic heterocycles. The second-order valence-corrected chi connectivity index (χ2v) is 7.07. The van der Waals surface area contributed by atoms with Crippen molar-refractivity contribution < 1.29 is 9.53 Å². The Balaban J connectivity index is 1.34. The lowest BCUT2D eigenvalue weighted by atomic mass is 9.98. The average molecular weight is 336 g/mol. The smallest absolute Gasteiger partial charge is 0.223 e. The van der Waals surface area contributed by atoms with Crippen LogP contribution in [0.25, 0.3) is 0 Å². The van der Waals surface area contributed by atoms with Crippen LogP contribution in [0.4, 0.5) is 0 Å². The van der Waals surface area contributed by atoms with E-state index in [1.54, 1.807) is 12.4 Å². The van der Waals surface area contributed by atoms with Gasteiger partial charge in [0.05, 0.1) is 6.20 Å². The molecule has 2 aliphatic heterocycles. The molecule has 0 unspecified atom stereocenters. The van der Waals surface area contributed by atoms with Gasteiger partial charge in [-0.25, -0.2) is 0 Å². The standard InChI is InChI=1S/C21H24N2O2/c24-21(11-8-16-5-2-1-3-6-16)23-17-9-10-18(23)14-20(13-17)25-19-7-4-12-22-15-19/h1-7,12,15,17-18,20H,8-11,13-14H2/t17-,18-/m0/s1. The summed E-state index contributed by atoms with van der Waals surface area (Å²) in [5.74, 6) is 1.13. The molecular weight excluding hydrogens is 312 g/mol. The molecule has 4 rings (SSSR count). The molecule has 0 spiro atoms. The quantitative estimate of drug-likeness (QED) is 0.837. The summed E-state index contributed by atoms with van der Waals surface area (Å²) >= 11 is 0. The first-order valence-electron chi connectivity index (χ1n) is 9.21. The lowest BCUT2D eigenvalue weighted by molar-refractivity contribution is -0.137. The van der Waals surface area contributed by atoms with E-state index in [0.29, 0.717) is 24.4 Å². The minimum Gasteiger partial charge on any atom is -0.489 e. The number of hydrogen-bond donors (Lipinski definition) is 0. The lowest BCUT2D eigenvalue weighted by Crippen LogP contribution is -2.49. The number of rotatable bonds is 5. The minimum atomic E-state index is 0.194. The van der Waals surface area contributed by atoms with Crippen molar-refractivity contribution in [2.75, 3.05) is 0 Å². The Morgan fingerprint density at radius 2 is 1.84 bits per heavy atom. The largest absolute Gasteiger partial charge is 0.489 e. The number of aryl methyl sites for hydroxylation is 1. The van der Waals surface area contributed by atoms with Crippen molar-refractivity contribution in [2.24, 2.45) is 0 Å². The Morgan fingerprint density at radius 3 is 2.52 bits per heavy atom. The summed E-state index contributed by atoms with van der Waals surface area (Å²) in [6, 6.07) is 14.8. The Labute approximate surface area is 148 Å². The van der Waals surface area contributed by atoms with Crippen LogP contribution in [0.2, 0.25) is 0 Å². The van der Waals surface area contributed by atoms with E-state index in [1.165, 1.54) is 5.56 Å². The van der Waals surface area contributed by atoms with Crippen molar-refractivity contribution in [3.63, 3.8) is 0 Å². The van der Waals surface area contributed by atoms with E-state index in [1.807, 2.05) is 30.3 Å². The van der Waals surface area contributed by atoms with Gasteiger partial charge in [-0.1, -0.05) is 30.3 Å². The second kappa shape index (κ2) is 7.26. The number of aromatic nitrogens is 1. The fourth-order valence-electron chi connectivity index (χ4n) is 4.26. The van der Waals surface area contributed by atoms with Crippen molar-refractivity contribution in [1.29, 1.82) is 0 Å². The summed E-state index contributed by atoms with van der Waals surface area (Å²) < 4.78 is 6.09. The fourth-order valence-corrected chi connectivity index (χ4v) is 4.26. The topological polar surface area (TPSA) is 42.4 Å². The second-order valence-electron chi connectivity index (χ2n) is 7.07. The minimum absolute atomic E-state index is 0.194. The lowest BCUT2D eigenvalue weighted by Gasteiger charge is -2.39. The molecule has 2 aromatic rings. The average Bonchev–Trinajstić information content (AvgIpc) is 2.92. The molecule has 0 aliphatic carbocycles. The summed E-state index contributed by atoms with van der Waals surface area (Å²) in [5, 5.41) is 0. The van der Waals surface area contributed by atoms with Crippen molar-refractivity contribution in [3.8, 4) is 5.75 Å². The molecule has 4 nitrogen and oxygen atoms in total. The third kappa shape index (κ3) is 3.68. The maximum Gasteiger partial charge on any atom is 0.223 e. The molecule has 1 amide bonds. The zero-order valence-corrected chi connectivity index (χ0v) is 14.4. The van der Waals surface area contributed by atoms with E-state index in [-0.39, 0.29) is 6.10 Å². The van der Waals surface area contributed by atoms with Crippen LogP contribution >= 0.6 is 0 Å².